The summed E-state index contributed by atoms with van der Waals surface area (Å²) in [4.78, 5) is 46.5. The van der Waals surface area contributed by atoms with Crippen molar-refractivity contribution in [3.05, 3.63) is 76.4 Å². The van der Waals surface area contributed by atoms with Crippen LogP contribution in [0.2, 0.25) is 5.02 Å². The van der Waals surface area contributed by atoms with Crippen molar-refractivity contribution in [1.82, 2.24) is 25.3 Å². The highest BCUT2D eigenvalue weighted by Gasteiger charge is 2.44. The van der Waals surface area contributed by atoms with Gasteiger partial charge in [-0.1, -0.05) is 23.7 Å². The second kappa shape index (κ2) is 16.4. The Bertz CT molecular complexity index is 1960. The average molecular weight is 778 g/mol. The Labute approximate surface area is 334 Å². The number of aromatic nitrogens is 2. The Kier molecular flexibility index (Phi) is 11.2. The molecule has 2 N–H and O–H groups in total. The van der Waals surface area contributed by atoms with Crippen LogP contribution in [0.15, 0.2) is 54.6 Å². The third-order valence-electron chi connectivity index (χ3n) is 13.1. The third-order valence-corrected chi connectivity index (χ3v) is 13.4. The Morgan fingerprint density at radius 1 is 0.964 bits per heavy atom. The maximum atomic E-state index is 13.5. The lowest BCUT2D eigenvalue weighted by Gasteiger charge is -2.39. The van der Waals surface area contributed by atoms with Gasteiger partial charge in [-0.3, -0.25) is 19.7 Å². The van der Waals surface area contributed by atoms with Gasteiger partial charge in [0.1, 0.15) is 12.1 Å². The number of amides is 3. The molecule has 5 saturated heterocycles. The van der Waals surface area contributed by atoms with Gasteiger partial charge in [0.05, 0.1) is 10.6 Å². The first kappa shape index (κ1) is 38.2. The van der Waals surface area contributed by atoms with Crippen molar-refractivity contribution in [2.24, 2.45) is 11.3 Å². The molecule has 5 fully saturated rings. The first-order valence-corrected chi connectivity index (χ1v) is 20.8. The van der Waals surface area contributed by atoms with E-state index in [1.54, 1.807) is 0 Å². The largest absolute Gasteiger partial charge is 0.374 e. The van der Waals surface area contributed by atoms with Gasteiger partial charge >= 0.3 is 0 Å². The lowest BCUT2D eigenvalue weighted by molar-refractivity contribution is -0.133. The molecule has 5 aliphatic heterocycles. The van der Waals surface area contributed by atoms with Gasteiger partial charge in [0.25, 0.3) is 5.91 Å². The van der Waals surface area contributed by atoms with Crippen LogP contribution in [0.25, 0.3) is 0 Å². The van der Waals surface area contributed by atoms with E-state index in [1.165, 1.54) is 5.56 Å². The molecular formula is C43H52ClN9O3. The lowest BCUT2D eigenvalue weighted by Crippen LogP contribution is -2.47. The SMILES string of the molecule is C[C@H]1CC2(CCN(c3ccc(C(=O)N4CCC(CN5CCC(c6cccc(NC7CCC(=O)NC7=O)c6)CC5)CC4)nn3)CC2)CN1c1ccc(C#N)c(Cl)c1. The number of carbonyl (C=O) groups excluding carboxylic acids is 3. The van der Waals surface area contributed by atoms with Gasteiger partial charge in [-0.25, -0.2) is 0 Å². The number of carbonyl (C=O) groups is 3. The number of nitrogens with one attached hydrogen (secondary N) is 2. The fraction of sp³-hybridized carbons (Fsp3) is 0.535. The summed E-state index contributed by atoms with van der Waals surface area (Å²) in [5, 5.41) is 24.5. The number of nitrogens with zero attached hydrogens (tertiary/aromatic N) is 7. The van der Waals surface area contributed by atoms with Gasteiger partial charge in [-0.15, -0.1) is 10.2 Å². The number of likely N-dealkylation sites (tertiary alicyclic amines) is 2. The van der Waals surface area contributed by atoms with Crippen LogP contribution in [0, 0.1) is 22.7 Å². The first-order chi connectivity index (χ1) is 27.1. The number of hydrogen-bond donors (Lipinski definition) is 2. The summed E-state index contributed by atoms with van der Waals surface area (Å²) in [6.45, 7) is 9.72. The summed E-state index contributed by atoms with van der Waals surface area (Å²) in [5.41, 5.74) is 4.46. The van der Waals surface area contributed by atoms with Crippen LogP contribution < -0.4 is 20.4 Å². The molecule has 56 heavy (non-hydrogen) atoms. The fourth-order valence-electron chi connectivity index (χ4n) is 9.83. The van der Waals surface area contributed by atoms with Crippen LogP contribution in [-0.4, -0.2) is 102 Å². The molecule has 5 aliphatic rings. The summed E-state index contributed by atoms with van der Waals surface area (Å²) in [6.07, 6.45) is 8.31. The number of hydrogen-bond acceptors (Lipinski definition) is 10. The third kappa shape index (κ3) is 8.35. The molecule has 3 amide bonds. The Morgan fingerprint density at radius 2 is 1.75 bits per heavy atom. The second-order valence-corrected chi connectivity index (χ2v) is 17.2. The quantitative estimate of drug-likeness (QED) is 0.269. The van der Waals surface area contributed by atoms with Crippen molar-refractivity contribution >= 4 is 46.5 Å². The monoisotopic (exact) mass is 777 g/mol. The molecule has 2 atom stereocenters. The van der Waals surface area contributed by atoms with Crippen molar-refractivity contribution in [1.29, 1.82) is 5.26 Å². The van der Waals surface area contributed by atoms with Gasteiger partial charge in [-0.2, -0.15) is 5.26 Å². The van der Waals surface area contributed by atoms with Gasteiger partial charge in [0.15, 0.2) is 11.5 Å². The van der Waals surface area contributed by atoms with Gasteiger partial charge in [0.2, 0.25) is 11.8 Å². The predicted molar refractivity (Wildman–Crippen MR) is 217 cm³/mol. The smallest absolute Gasteiger partial charge is 0.274 e. The molecule has 8 rings (SSSR count). The van der Waals surface area contributed by atoms with Crippen LogP contribution in [0.5, 0.6) is 0 Å². The minimum Gasteiger partial charge on any atom is -0.374 e. The van der Waals surface area contributed by atoms with Gasteiger partial charge in [0, 0.05) is 63.1 Å². The fourth-order valence-corrected chi connectivity index (χ4v) is 10.0. The van der Waals surface area contributed by atoms with E-state index in [4.69, 9.17) is 11.6 Å². The zero-order chi connectivity index (χ0) is 38.8. The van der Waals surface area contributed by atoms with Crippen LogP contribution in [0.1, 0.15) is 92.2 Å². The Morgan fingerprint density at radius 3 is 2.45 bits per heavy atom. The van der Waals surface area contributed by atoms with Crippen molar-refractivity contribution in [2.75, 3.05) is 67.5 Å². The van der Waals surface area contributed by atoms with Crippen LogP contribution in [-0.2, 0) is 9.59 Å². The maximum Gasteiger partial charge on any atom is 0.274 e. The first-order valence-electron chi connectivity index (χ1n) is 20.4. The summed E-state index contributed by atoms with van der Waals surface area (Å²) in [6, 6.07) is 20.1. The highest BCUT2D eigenvalue weighted by Crippen LogP contribution is 2.46. The molecule has 294 valence electrons. The van der Waals surface area contributed by atoms with Crippen LogP contribution in [0.4, 0.5) is 17.2 Å². The number of rotatable bonds is 8. The topological polar surface area (TPSA) is 138 Å². The van der Waals surface area contributed by atoms with Crippen LogP contribution >= 0.6 is 11.6 Å². The summed E-state index contributed by atoms with van der Waals surface area (Å²) in [5.74, 6) is 1.41. The molecular weight excluding hydrogens is 726 g/mol. The standard InChI is InChI=1S/C43H52ClN9O3/c1-29-25-43(28-53(29)35-6-5-33(26-45)36(44)24-35)15-21-51(22-16-43)39-9-7-38(48-49-39)42(56)52-19-11-30(12-20-52)27-50-17-13-31(14-18-50)32-3-2-4-34(23-32)46-37-8-10-40(54)47-41(37)55/h2-7,9,23-24,29-31,37,46H,8,10-22,25,27-28H2,1H3,(H,47,54,55)/t29-,37?/m0/s1. The molecule has 0 radical (unpaired) electrons. The normalized spacial score (nSPS) is 23.6. The molecule has 3 aromatic rings. The highest BCUT2D eigenvalue weighted by molar-refractivity contribution is 6.32. The Balaban J connectivity index is 0.762. The van der Waals surface area contributed by atoms with Gasteiger partial charge in [-0.05, 0) is 137 Å². The van der Waals surface area contributed by atoms with Crippen molar-refractivity contribution in [3.8, 4) is 6.07 Å². The van der Waals surface area contributed by atoms with Crippen molar-refractivity contribution < 1.29 is 14.4 Å². The van der Waals surface area contributed by atoms with Crippen molar-refractivity contribution in [2.45, 2.75) is 82.7 Å². The van der Waals surface area contributed by atoms with E-state index in [1.807, 2.05) is 41.3 Å². The molecule has 6 heterocycles. The average Bonchev–Trinajstić information content (AvgIpc) is 3.54. The molecule has 1 aromatic heterocycles. The number of piperidine rings is 4. The minimum atomic E-state index is -0.377. The summed E-state index contributed by atoms with van der Waals surface area (Å²) < 4.78 is 0. The number of anilines is 3. The van der Waals surface area contributed by atoms with E-state index >= 15 is 0 Å². The van der Waals surface area contributed by atoms with Crippen LogP contribution in [0.3, 0.4) is 0 Å². The molecule has 1 spiro atoms. The minimum absolute atomic E-state index is 0.0295. The molecule has 2 aromatic carbocycles. The van der Waals surface area contributed by atoms with E-state index in [0.717, 1.165) is 114 Å². The predicted octanol–water partition coefficient (Wildman–Crippen LogP) is 5.84. The molecule has 13 heteroatoms. The molecule has 0 bridgehead atoms. The maximum absolute atomic E-state index is 13.5. The second-order valence-electron chi connectivity index (χ2n) is 16.8. The number of benzene rings is 2. The molecule has 0 saturated carbocycles. The number of halogens is 1. The van der Waals surface area contributed by atoms with E-state index in [0.29, 0.717) is 47.0 Å². The zero-order valence-electron chi connectivity index (χ0n) is 32.3. The summed E-state index contributed by atoms with van der Waals surface area (Å²) in [7, 11) is 0. The lowest BCUT2D eigenvalue weighted by atomic mass is 9.77. The van der Waals surface area contributed by atoms with E-state index < -0.39 is 0 Å². The van der Waals surface area contributed by atoms with Crippen molar-refractivity contribution in [3.63, 3.8) is 0 Å². The Hall–Kier alpha value is -4.73. The zero-order valence-corrected chi connectivity index (χ0v) is 33.0. The number of nitriles is 1. The van der Waals surface area contributed by atoms with Gasteiger partial charge < -0.3 is 24.9 Å². The molecule has 1 unspecified atom stereocenters. The molecule has 12 nitrogen and oxygen atoms in total. The summed E-state index contributed by atoms with van der Waals surface area (Å²) >= 11 is 6.37. The van der Waals surface area contributed by atoms with E-state index in [9.17, 15) is 19.6 Å². The van der Waals surface area contributed by atoms with E-state index in [2.05, 4.69) is 66.7 Å². The highest BCUT2D eigenvalue weighted by atomic mass is 35.5. The van der Waals surface area contributed by atoms with E-state index in [-0.39, 0.29) is 29.2 Å². The number of imide groups is 1. The molecule has 0 aliphatic carbocycles.